The second kappa shape index (κ2) is 7.49. The zero-order chi connectivity index (χ0) is 16.9. The van der Waals surface area contributed by atoms with Crippen molar-refractivity contribution in [1.29, 1.82) is 0 Å². The molecule has 3 aromatic rings. The monoisotopic (exact) mass is 383 g/mol. The normalized spacial score (nSPS) is 10.6. The van der Waals surface area contributed by atoms with Gasteiger partial charge in [0, 0.05) is 15.6 Å². The van der Waals surface area contributed by atoms with Crippen molar-refractivity contribution in [3.63, 3.8) is 0 Å². The van der Waals surface area contributed by atoms with Gasteiger partial charge >= 0.3 is 0 Å². The van der Waals surface area contributed by atoms with Crippen molar-refractivity contribution in [2.24, 2.45) is 0 Å². The first kappa shape index (κ1) is 16.5. The zero-order valence-corrected chi connectivity index (χ0v) is 15.0. The minimum absolute atomic E-state index is 0.0979. The number of carbonyl (C=O) groups is 1. The Kier molecular flexibility index (Phi) is 5.16. The Labute approximate surface area is 149 Å². The van der Waals surface area contributed by atoms with Gasteiger partial charge in [0.05, 0.1) is 6.54 Å². The van der Waals surface area contributed by atoms with Crippen molar-refractivity contribution < 1.29 is 9.21 Å². The Bertz CT molecular complexity index is 820. The van der Waals surface area contributed by atoms with E-state index in [0.717, 1.165) is 28.0 Å². The van der Waals surface area contributed by atoms with Crippen molar-refractivity contribution in [3.8, 4) is 11.3 Å². The van der Waals surface area contributed by atoms with E-state index in [0.29, 0.717) is 12.1 Å². The number of rotatable bonds is 5. The lowest BCUT2D eigenvalue weighted by Gasteiger charge is -2.04. The van der Waals surface area contributed by atoms with E-state index in [4.69, 9.17) is 4.42 Å². The van der Waals surface area contributed by atoms with E-state index in [1.54, 1.807) is 0 Å². The largest absolute Gasteiger partial charge is 0.459 e. The maximum absolute atomic E-state index is 12.2. The van der Waals surface area contributed by atoms with Crippen molar-refractivity contribution in [3.05, 3.63) is 82.0 Å². The average molecular weight is 384 g/mol. The quantitative estimate of drug-likeness (QED) is 0.657. The molecule has 1 N–H and O–H groups in total. The standard InChI is InChI=1S/C20H18BrNO2/c1-2-14-3-5-16(6-4-14)20(23)22-13-18-11-12-19(24-18)15-7-9-17(21)10-8-15/h3-12H,2,13H2,1H3,(H,22,23). The fraction of sp³-hybridized carbons (Fsp3) is 0.150. The van der Waals surface area contributed by atoms with Crippen LogP contribution in [0.4, 0.5) is 0 Å². The summed E-state index contributed by atoms with van der Waals surface area (Å²) in [5, 5.41) is 2.89. The summed E-state index contributed by atoms with van der Waals surface area (Å²) < 4.78 is 6.83. The predicted molar refractivity (Wildman–Crippen MR) is 98.8 cm³/mol. The number of amides is 1. The molecular formula is C20H18BrNO2. The smallest absolute Gasteiger partial charge is 0.251 e. The molecule has 0 aliphatic rings. The topological polar surface area (TPSA) is 42.2 Å². The van der Waals surface area contributed by atoms with Gasteiger partial charge in [0.25, 0.3) is 5.91 Å². The van der Waals surface area contributed by atoms with Crippen LogP contribution in [-0.4, -0.2) is 5.91 Å². The molecule has 0 saturated heterocycles. The second-order valence-electron chi connectivity index (χ2n) is 5.51. The SMILES string of the molecule is CCc1ccc(C(=O)NCc2ccc(-c3ccc(Br)cc3)o2)cc1. The lowest BCUT2D eigenvalue weighted by atomic mass is 10.1. The molecule has 0 aliphatic heterocycles. The van der Waals surface area contributed by atoms with Gasteiger partial charge in [-0.15, -0.1) is 0 Å². The van der Waals surface area contributed by atoms with Crippen LogP contribution in [0.1, 0.15) is 28.6 Å². The number of carbonyl (C=O) groups excluding carboxylic acids is 1. The summed E-state index contributed by atoms with van der Waals surface area (Å²) in [7, 11) is 0. The summed E-state index contributed by atoms with van der Waals surface area (Å²) in [6, 6.07) is 19.4. The average Bonchev–Trinajstić information content (AvgIpc) is 3.09. The molecule has 0 bridgehead atoms. The molecule has 4 heteroatoms. The fourth-order valence-electron chi connectivity index (χ4n) is 2.40. The molecule has 2 aromatic carbocycles. The number of hydrogen-bond acceptors (Lipinski definition) is 2. The zero-order valence-electron chi connectivity index (χ0n) is 13.4. The van der Waals surface area contributed by atoms with E-state index in [-0.39, 0.29) is 5.91 Å². The van der Waals surface area contributed by atoms with Crippen LogP contribution in [0.25, 0.3) is 11.3 Å². The van der Waals surface area contributed by atoms with Crippen LogP contribution in [0.2, 0.25) is 0 Å². The molecule has 0 unspecified atom stereocenters. The first-order valence-corrected chi connectivity index (χ1v) is 8.67. The van der Waals surface area contributed by atoms with Gasteiger partial charge in [-0.2, -0.15) is 0 Å². The summed E-state index contributed by atoms with van der Waals surface area (Å²) in [6.07, 6.45) is 0.965. The molecule has 0 aliphatic carbocycles. The van der Waals surface area contributed by atoms with E-state index in [1.807, 2.05) is 60.7 Å². The number of aryl methyl sites for hydroxylation is 1. The number of halogens is 1. The van der Waals surface area contributed by atoms with Crippen molar-refractivity contribution in [2.45, 2.75) is 19.9 Å². The van der Waals surface area contributed by atoms with Gasteiger partial charge in [-0.05, 0) is 48.4 Å². The van der Waals surface area contributed by atoms with Gasteiger partial charge in [-0.3, -0.25) is 4.79 Å². The van der Waals surface area contributed by atoms with E-state index < -0.39 is 0 Å². The van der Waals surface area contributed by atoms with E-state index >= 15 is 0 Å². The molecule has 1 amide bonds. The predicted octanol–water partition coefficient (Wildman–Crippen LogP) is 5.20. The fourth-order valence-corrected chi connectivity index (χ4v) is 2.67. The molecule has 0 saturated carbocycles. The van der Waals surface area contributed by atoms with Gasteiger partial charge in [0.15, 0.2) is 0 Å². The van der Waals surface area contributed by atoms with Crippen LogP contribution in [0.3, 0.4) is 0 Å². The van der Waals surface area contributed by atoms with Gasteiger partial charge in [-0.25, -0.2) is 0 Å². The summed E-state index contributed by atoms with van der Waals surface area (Å²) >= 11 is 3.42. The third kappa shape index (κ3) is 3.95. The molecule has 0 fully saturated rings. The van der Waals surface area contributed by atoms with Crippen molar-refractivity contribution >= 4 is 21.8 Å². The maximum Gasteiger partial charge on any atom is 0.251 e. The van der Waals surface area contributed by atoms with Crippen LogP contribution in [0.15, 0.2) is 69.6 Å². The van der Waals surface area contributed by atoms with Crippen LogP contribution < -0.4 is 5.32 Å². The summed E-state index contributed by atoms with van der Waals surface area (Å²) in [4.78, 5) is 12.2. The van der Waals surface area contributed by atoms with E-state index in [2.05, 4.69) is 28.2 Å². The molecule has 1 aromatic heterocycles. The van der Waals surface area contributed by atoms with Gasteiger partial charge in [-0.1, -0.05) is 47.1 Å². The highest BCUT2D eigenvalue weighted by atomic mass is 79.9. The molecular weight excluding hydrogens is 366 g/mol. The van der Waals surface area contributed by atoms with Gasteiger partial charge < -0.3 is 9.73 Å². The van der Waals surface area contributed by atoms with Crippen molar-refractivity contribution in [2.75, 3.05) is 0 Å². The Morgan fingerprint density at radius 3 is 2.38 bits per heavy atom. The minimum Gasteiger partial charge on any atom is -0.459 e. The number of benzene rings is 2. The molecule has 1 heterocycles. The molecule has 0 radical (unpaired) electrons. The molecule has 0 atom stereocenters. The highest BCUT2D eigenvalue weighted by Crippen LogP contribution is 2.24. The second-order valence-corrected chi connectivity index (χ2v) is 6.42. The Balaban J connectivity index is 1.62. The third-order valence-corrected chi connectivity index (χ3v) is 4.37. The number of furan rings is 1. The first-order chi connectivity index (χ1) is 11.7. The highest BCUT2D eigenvalue weighted by molar-refractivity contribution is 9.10. The summed E-state index contributed by atoms with van der Waals surface area (Å²) in [5.74, 6) is 1.42. The Hall–Kier alpha value is -2.33. The van der Waals surface area contributed by atoms with Crippen molar-refractivity contribution in [1.82, 2.24) is 5.32 Å². The molecule has 3 rings (SSSR count). The minimum atomic E-state index is -0.0979. The maximum atomic E-state index is 12.2. The first-order valence-electron chi connectivity index (χ1n) is 7.87. The number of nitrogens with one attached hydrogen (secondary N) is 1. The van der Waals surface area contributed by atoms with Crippen LogP contribution >= 0.6 is 15.9 Å². The highest BCUT2D eigenvalue weighted by Gasteiger charge is 2.08. The van der Waals surface area contributed by atoms with E-state index in [1.165, 1.54) is 5.56 Å². The summed E-state index contributed by atoms with van der Waals surface area (Å²) in [6.45, 7) is 2.46. The van der Waals surface area contributed by atoms with Crippen LogP contribution in [0.5, 0.6) is 0 Å². The van der Waals surface area contributed by atoms with Crippen LogP contribution in [-0.2, 0) is 13.0 Å². The van der Waals surface area contributed by atoms with Crippen LogP contribution in [0, 0.1) is 0 Å². The molecule has 0 spiro atoms. The lowest BCUT2D eigenvalue weighted by molar-refractivity contribution is 0.0948. The van der Waals surface area contributed by atoms with E-state index in [9.17, 15) is 4.79 Å². The third-order valence-electron chi connectivity index (χ3n) is 3.84. The number of hydrogen-bond donors (Lipinski definition) is 1. The Morgan fingerprint density at radius 2 is 1.71 bits per heavy atom. The molecule has 122 valence electrons. The van der Waals surface area contributed by atoms with Gasteiger partial charge in [0.1, 0.15) is 11.5 Å². The molecule has 3 nitrogen and oxygen atoms in total. The Morgan fingerprint density at radius 1 is 1.00 bits per heavy atom. The summed E-state index contributed by atoms with van der Waals surface area (Å²) in [5.41, 5.74) is 2.88. The molecule has 24 heavy (non-hydrogen) atoms. The van der Waals surface area contributed by atoms with Gasteiger partial charge in [0.2, 0.25) is 0 Å². The lowest BCUT2D eigenvalue weighted by Crippen LogP contribution is -2.22.